The van der Waals surface area contributed by atoms with E-state index in [2.05, 4.69) is 21.8 Å². The maximum Gasteiger partial charge on any atom is 0.225 e. The van der Waals surface area contributed by atoms with Gasteiger partial charge in [0.25, 0.3) is 0 Å². The van der Waals surface area contributed by atoms with Crippen molar-refractivity contribution in [1.29, 1.82) is 0 Å². The number of aromatic nitrogens is 2. The SMILES string of the molecule is CCc1cnc(N2CCC(COc3c(F)cc(-c4ccc(CC(C)N)cc4)cc3F)CC2)nc1. The molecule has 7 heteroatoms. The summed E-state index contributed by atoms with van der Waals surface area (Å²) in [6, 6.07) is 10.3. The Morgan fingerprint density at radius 1 is 1.00 bits per heavy atom. The summed E-state index contributed by atoms with van der Waals surface area (Å²) in [6.07, 6.45) is 7.10. The molecule has 0 spiro atoms. The van der Waals surface area contributed by atoms with E-state index in [1.54, 1.807) is 0 Å². The molecular formula is C27H32F2N4O. The predicted octanol–water partition coefficient (Wildman–Crippen LogP) is 5.17. The van der Waals surface area contributed by atoms with Crippen molar-refractivity contribution in [3.05, 3.63) is 71.6 Å². The number of nitrogens with zero attached hydrogens (tertiary/aromatic N) is 3. The highest BCUT2D eigenvalue weighted by Gasteiger charge is 2.23. The molecule has 2 aromatic carbocycles. The Kier molecular flexibility index (Phi) is 7.73. The van der Waals surface area contributed by atoms with Crippen LogP contribution < -0.4 is 15.4 Å². The molecular weight excluding hydrogens is 434 g/mol. The summed E-state index contributed by atoms with van der Waals surface area (Å²) in [7, 11) is 0. The number of ether oxygens (including phenoxy) is 1. The van der Waals surface area contributed by atoms with Crippen molar-refractivity contribution < 1.29 is 13.5 Å². The Morgan fingerprint density at radius 2 is 1.62 bits per heavy atom. The van der Waals surface area contributed by atoms with Gasteiger partial charge in [0.15, 0.2) is 17.4 Å². The Balaban J connectivity index is 1.33. The minimum atomic E-state index is -0.684. The van der Waals surface area contributed by atoms with Gasteiger partial charge in [-0.3, -0.25) is 0 Å². The van der Waals surface area contributed by atoms with Gasteiger partial charge in [-0.2, -0.15) is 0 Å². The quantitative estimate of drug-likeness (QED) is 0.496. The maximum absolute atomic E-state index is 14.7. The Bertz CT molecular complexity index is 1060. The summed E-state index contributed by atoms with van der Waals surface area (Å²) in [5, 5.41) is 0. The van der Waals surface area contributed by atoms with Crippen LogP contribution in [0.3, 0.4) is 0 Å². The summed E-state index contributed by atoms with van der Waals surface area (Å²) in [5.41, 5.74) is 9.27. The second kappa shape index (κ2) is 10.9. The lowest BCUT2D eigenvalue weighted by Gasteiger charge is -2.31. The van der Waals surface area contributed by atoms with Gasteiger partial charge in [-0.25, -0.2) is 18.7 Å². The first-order valence-electron chi connectivity index (χ1n) is 12.0. The second-order valence-corrected chi connectivity index (χ2v) is 9.13. The number of aryl methyl sites for hydroxylation is 1. The summed E-state index contributed by atoms with van der Waals surface area (Å²) in [6.45, 7) is 5.89. The first-order chi connectivity index (χ1) is 16.4. The van der Waals surface area contributed by atoms with Crippen LogP contribution in [0.1, 0.15) is 37.8 Å². The zero-order chi connectivity index (χ0) is 24.1. The van der Waals surface area contributed by atoms with E-state index in [0.29, 0.717) is 5.56 Å². The first-order valence-corrected chi connectivity index (χ1v) is 12.0. The van der Waals surface area contributed by atoms with E-state index in [-0.39, 0.29) is 24.3 Å². The van der Waals surface area contributed by atoms with E-state index in [0.717, 1.165) is 61.4 Å². The van der Waals surface area contributed by atoms with Gasteiger partial charge in [0, 0.05) is 31.5 Å². The maximum atomic E-state index is 14.7. The fraction of sp³-hybridized carbons (Fsp3) is 0.407. The molecule has 0 aliphatic carbocycles. The van der Waals surface area contributed by atoms with Gasteiger partial charge in [0.1, 0.15) is 0 Å². The molecule has 1 aliphatic rings. The summed E-state index contributed by atoms with van der Waals surface area (Å²) in [5.74, 6) is -0.719. The van der Waals surface area contributed by atoms with E-state index in [1.807, 2.05) is 43.6 Å². The molecule has 2 N–H and O–H groups in total. The minimum Gasteiger partial charge on any atom is -0.487 e. The summed E-state index contributed by atoms with van der Waals surface area (Å²) in [4.78, 5) is 11.0. The molecule has 180 valence electrons. The Labute approximate surface area is 200 Å². The fourth-order valence-corrected chi connectivity index (χ4v) is 4.26. The Morgan fingerprint density at radius 3 is 2.18 bits per heavy atom. The molecule has 1 aliphatic heterocycles. The van der Waals surface area contributed by atoms with Crippen molar-refractivity contribution >= 4 is 5.95 Å². The van der Waals surface area contributed by atoms with Crippen molar-refractivity contribution in [3.8, 4) is 16.9 Å². The molecule has 0 bridgehead atoms. The average molecular weight is 467 g/mol. The molecule has 1 atom stereocenters. The molecule has 3 aromatic rings. The van der Waals surface area contributed by atoms with Crippen LogP contribution in [0.5, 0.6) is 5.75 Å². The highest BCUT2D eigenvalue weighted by molar-refractivity contribution is 5.65. The topological polar surface area (TPSA) is 64.3 Å². The van der Waals surface area contributed by atoms with Crippen LogP contribution in [0.2, 0.25) is 0 Å². The third-order valence-corrected chi connectivity index (χ3v) is 6.30. The van der Waals surface area contributed by atoms with Gasteiger partial charge in [0.2, 0.25) is 5.95 Å². The lowest BCUT2D eigenvalue weighted by atomic mass is 9.98. The zero-order valence-corrected chi connectivity index (χ0v) is 19.8. The second-order valence-electron chi connectivity index (χ2n) is 9.13. The number of hydrogen-bond donors (Lipinski definition) is 1. The lowest BCUT2D eigenvalue weighted by Crippen LogP contribution is -2.36. The first kappa shape index (κ1) is 24.1. The zero-order valence-electron chi connectivity index (χ0n) is 19.8. The van der Waals surface area contributed by atoms with Gasteiger partial charge in [-0.05, 0) is 72.9 Å². The van der Waals surface area contributed by atoms with Crippen LogP contribution in [0, 0.1) is 17.6 Å². The van der Waals surface area contributed by atoms with E-state index < -0.39 is 11.6 Å². The van der Waals surface area contributed by atoms with Crippen molar-refractivity contribution in [3.63, 3.8) is 0 Å². The van der Waals surface area contributed by atoms with Gasteiger partial charge in [-0.1, -0.05) is 31.2 Å². The number of halogens is 2. The van der Waals surface area contributed by atoms with Crippen LogP contribution in [0.4, 0.5) is 14.7 Å². The Hall–Kier alpha value is -3.06. The lowest BCUT2D eigenvalue weighted by molar-refractivity contribution is 0.207. The molecule has 1 fully saturated rings. The van der Waals surface area contributed by atoms with Crippen molar-refractivity contribution in [2.24, 2.45) is 11.7 Å². The minimum absolute atomic E-state index is 0.0603. The molecule has 1 saturated heterocycles. The molecule has 0 amide bonds. The molecule has 1 aromatic heterocycles. The van der Waals surface area contributed by atoms with E-state index in [9.17, 15) is 8.78 Å². The summed E-state index contributed by atoms with van der Waals surface area (Å²) < 4.78 is 35.1. The average Bonchev–Trinajstić information content (AvgIpc) is 2.84. The fourth-order valence-electron chi connectivity index (χ4n) is 4.26. The molecule has 2 heterocycles. The van der Waals surface area contributed by atoms with Gasteiger partial charge in [0.05, 0.1) is 6.61 Å². The predicted molar refractivity (Wildman–Crippen MR) is 131 cm³/mol. The number of rotatable bonds is 8. The van der Waals surface area contributed by atoms with Crippen LogP contribution >= 0.6 is 0 Å². The monoisotopic (exact) mass is 466 g/mol. The van der Waals surface area contributed by atoms with Crippen LogP contribution in [-0.4, -0.2) is 35.7 Å². The van der Waals surface area contributed by atoms with Crippen molar-refractivity contribution in [1.82, 2.24) is 9.97 Å². The highest BCUT2D eigenvalue weighted by Crippen LogP contribution is 2.30. The molecule has 1 unspecified atom stereocenters. The van der Waals surface area contributed by atoms with Crippen LogP contribution in [0.15, 0.2) is 48.8 Å². The van der Waals surface area contributed by atoms with Crippen LogP contribution in [-0.2, 0) is 12.8 Å². The number of piperidine rings is 1. The normalized spacial score (nSPS) is 15.4. The highest BCUT2D eigenvalue weighted by atomic mass is 19.1. The van der Waals surface area contributed by atoms with Crippen LogP contribution in [0.25, 0.3) is 11.1 Å². The van der Waals surface area contributed by atoms with Crippen molar-refractivity contribution in [2.45, 2.75) is 45.6 Å². The van der Waals surface area contributed by atoms with Crippen molar-refractivity contribution in [2.75, 3.05) is 24.6 Å². The summed E-state index contributed by atoms with van der Waals surface area (Å²) >= 11 is 0. The third kappa shape index (κ3) is 5.89. The number of hydrogen-bond acceptors (Lipinski definition) is 5. The van der Waals surface area contributed by atoms with E-state index in [4.69, 9.17) is 10.5 Å². The smallest absolute Gasteiger partial charge is 0.225 e. The number of nitrogens with two attached hydrogens (primary N) is 1. The third-order valence-electron chi connectivity index (χ3n) is 6.30. The van der Waals surface area contributed by atoms with Gasteiger partial charge in [-0.15, -0.1) is 0 Å². The molecule has 0 radical (unpaired) electrons. The standard InChI is InChI=1S/C27H32F2N4O/c1-3-19-15-31-27(32-16-19)33-10-8-21(9-11-33)17-34-26-24(28)13-23(14-25(26)29)22-6-4-20(5-7-22)12-18(2)30/h4-7,13-16,18,21H,3,8-12,17,30H2,1-2H3. The number of anilines is 1. The molecule has 34 heavy (non-hydrogen) atoms. The number of benzene rings is 2. The molecule has 0 saturated carbocycles. The largest absolute Gasteiger partial charge is 0.487 e. The van der Waals surface area contributed by atoms with Gasteiger partial charge < -0.3 is 15.4 Å². The van der Waals surface area contributed by atoms with E-state index in [1.165, 1.54) is 12.1 Å². The molecule has 5 nitrogen and oxygen atoms in total. The van der Waals surface area contributed by atoms with Gasteiger partial charge >= 0.3 is 0 Å². The molecule has 4 rings (SSSR count). The van der Waals surface area contributed by atoms with E-state index >= 15 is 0 Å².